The van der Waals surface area contributed by atoms with E-state index in [1.807, 2.05) is 72.8 Å². The van der Waals surface area contributed by atoms with Crippen molar-refractivity contribution in [3.8, 4) is 40.4 Å². The van der Waals surface area contributed by atoms with Crippen LogP contribution in [0.3, 0.4) is 0 Å². The van der Waals surface area contributed by atoms with Crippen LogP contribution in [0.5, 0.6) is 0 Å². The number of fused-ring (bicyclic) bond motifs is 2. The summed E-state index contributed by atoms with van der Waals surface area (Å²) in [5, 5.41) is 39.6. The number of hydrogen-bond acceptors (Lipinski definition) is 7. The minimum Gasteiger partial charge on any atom is -0.481 e. The van der Waals surface area contributed by atoms with E-state index in [1.165, 1.54) is 22.7 Å². The van der Waals surface area contributed by atoms with Gasteiger partial charge >= 0.3 is 23.9 Å². The van der Waals surface area contributed by atoms with E-state index in [2.05, 4.69) is 0 Å². The molecule has 0 bridgehead atoms. The molecule has 0 saturated heterocycles. The average Bonchev–Trinajstić information content (AvgIpc) is 3.87. The first-order valence-corrected chi connectivity index (χ1v) is 17.4. The minimum absolute atomic E-state index is 0.154. The summed E-state index contributed by atoms with van der Waals surface area (Å²) in [7, 11) is 0. The van der Waals surface area contributed by atoms with Crippen LogP contribution in [-0.4, -0.2) is 53.4 Å². The number of carboxylic acids is 4. The van der Waals surface area contributed by atoms with E-state index < -0.39 is 23.9 Å². The third-order valence-electron chi connectivity index (χ3n) is 8.07. The Kier molecular flexibility index (Phi) is 8.40. The molecule has 5 heterocycles. The summed E-state index contributed by atoms with van der Waals surface area (Å²) in [5.41, 5.74) is 4.62. The standard InChI is InChI=1S/C36H26N2O8S3/c39-31(40)15-23-13-29(48-35(23)21-1-3-25-19(11-21)7-9-37(25)17-33(43)44)27-5-6-28(47-27)30-14-24(16-32(41)42)36(49-30)22-2-4-26-20(12-22)8-10-38(26)18-34(45)46/h1-14H,15-18H2,(H,39,40)(H,41,42)(H,43,44)(H,45,46). The van der Waals surface area contributed by atoms with Crippen LogP contribution in [0.4, 0.5) is 0 Å². The zero-order chi connectivity index (χ0) is 34.4. The zero-order valence-corrected chi connectivity index (χ0v) is 27.9. The first-order chi connectivity index (χ1) is 23.5. The van der Waals surface area contributed by atoms with Crippen LogP contribution in [0.25, 0.3) is 62.2 Å². The second-order valence-corrected chi connectivity index (χ2v) is 14.6. The molecular formula is C36H26N2O8S3. The monoisotopic (exact) mass is 710 g/mol. The summed E-state index contributed by atoms with van der Waals surface area (Å²) >= 11 is 4.53. The topological polar surface area (TPSA) is 159 Å². The molecule has 0 aliphatic carbocycles. The van der Waals surface area contributed by atoms with Crippen LogP contribution in [0, 0.1) is 0 Å². The van der Waals surface area contributed by atoms with Crippen LogP contribution in [0.15, 0.2) is 85.2 Å². The molecule has 0 unspecified atom stereocenters. The fraction of sp³-hybridized carbons (Fsp3) is 0.111. The summed E-state index contributed by atoms with van der Waals surface area (Å²) in [6.45, 7) is -0.309. The first-order valence-electron chi connectivity index (χ1n) is 14.9. The second-order valence-electron chi connectivity index (χ2n) is 11.5. The highest BCUT2D eigenvalue weighted by Gasteiger charge is 2.20. The summed E-state index contributed by atoms with van der Waals surface area (Å²) < 4.78 is 3.31. The molecule has 4 N–H and O–H groups in total. The molecule has 2 aromatic carbocycles. The summed E-state index contributed by atoms with van der Waals surface area (Å²) in [6.07, 6.45) is 3.14. The van der Waals surface area contributed by atoms with Gasteiger partial charge in [0.2, 0.25) is 0 Å². The van der Waals surface area contributed by atoms with Crippen molar-refractivity contribution in [3.63, 3.8) is 0 Å². The maximum Gasteiger partial charge on any atom is 0.323 e. The van der Waals surface area contributed by atoms with E-state index >= 15 is 0 Å². The van der Waals surface area contributed by atoms with E-state index in [1.54, 1.807) is 32.9 Å². The van der Waals surface area contributed by atoms with Crippen molar-refractivity contribution >= 4 is 79.7 Å². The van der Waals surface area contributed by atoms with Gasteiger partial charge in [0.15, 0.2) is 0 Å². The summed E-state index contributed by atoms with van der Waals surface area (Å²) in [4.78, 5) is 51.5. The molecule has 49 heavy (non-hydrogen) atoms. The molecule has 0 aliphatic rings. The largest absolute Gasteiger partial charge is 0.481 e. The van der Waals surface area contributed by atoms with Crippen LogP contribution < -0.4 is 0 Å². The highest BCUT2D eigenvalue weighted by atomic mass is 32.1. The third-order valence-corrected chi connectivity index (χ3v) is 12.0. The van der Waals surface area contributed by atoms with Gasteiger partial charge in [0.05, 0.1) is 12.8 Å². The quantitative estimate of drug-likeness (QED) is 0.0997. The lowest BCUT2D eigenvalue weighted by atomic mass is 10.1. The van der Waals surface area contributed by atoms with Crippen molar-refractivity contribution in [3.05, 3.63) is 96.3 Å². The van der Waals surface area contributed by atoms with E-state index in [-0.39, 0.29) is 25.9 Å². The van der Waals surface area contributed by atoms with E-state index in [0.29, 0.717) is 11.1 Å². The van der Waals surface area contributed by atoms with Gasteiger partial charge in [-0.1, -0.05) is 12.1 Å². The fourth-order valence-corrected chi connectivity index (χ4v) is 9.55. The Morgan fingerprint density at radius 3 is 1.31 bits per heavy atom. The first kappa shape index (κ1) is 32.1. The Morgan fingerprint density at radius 2 is 0.918 bits per heavy atom. The highest BCUT2D eigenvalue weighted by Crippen LogP contribution is 2.46. The Hall–Kier alpha value is -5.50. The third kappa shape index (κ3) is 6.51. The molecule has 0 saturated carbocycles. The van der Waals surface area contributed by atoms with Gasteiger partial charge in [-0.3, -0.25) is 19.2 Å². The number of carbonyl (C=O) groups is 4. The van der Waals surface area contributed by atoms with Crippen LogP contribution in [-0.2, 0) is 45.1 Å². The number of nitrogens with zero attached hydrogens (tertiary/aromatic N) is 2. The van der Waals surface area contributed by atoms with Gasteiger partial charge in [0.1, 0.15) is 13.1 Å². The Bertz CT molecular complexity index is 2270. The van der Waals surface area contributed by atoms with Crippen molar-refractivity contribution in [2.24, 2.45) is 0 Å². The molecule has 0 fully saturated rings. The maximum absolute atomic E-state index is 11.8. The van der Waals surface area contributed by atoms with Gasteiger partial charge in [-0.2, -0.15) is 0 Å². The van der Waals surface area contributed by atoms with Crippen molar-refractivity contribution in [1.29, 1.82) is 0 Å². The zero-order valence-electron chi connectivity index (χ0n) is 25.5. The predicted molar refractivity (Wildman–Crippen MR) is 191 cm³/mol. The minimum atomic E-state index is -0.945. The van der Waals surface area contributed by atoms with Crippen molar-refractivity contribution in [1.82, 2.24) is 9.13 Å². The lowest BCUT2D eigenvalue weighted by Crippen LogP contribution is -2.07. The van der Waals surface area contributed by atoms with Gasteiger partial charge < -0.3 is 29.6 Å². The molecule has 0 aliphatic heterocycles. The number of hydrogen-bond donors (Lipinski definition) is 4. The number of carboxylic acid groups (broad SMARTS) is 4. The van der Waals surface area contributed by atoms with Gasteiger partial charge in [-0.15, -0.1) is 34.0 Å². The number of thiophene rings is 3. The number of aromatic nitrogens is 2. The number of benzene rings is 2. The molecule has 0 amide bonds. The van der Waals surface area contributed by atoms with Crippen LogP contribution in [0.1, 0.15) is 11.1 Å². The maximum atomic E-state index is 11.8. The normalized spacial score (nSPS) is 11.4. The number of rotatable bonds is 12. The van der Waals surface area contributed by atoms with Crippen molar-refractivity contribution in [2.45, 2.75) is 25.9 Å². The van der Waals surface area contributed by atoms with E-state index in [0.717, 1.165) is 62.2 Å². The summed E-state index contributed by atoms with van der Waals surface area (Å²) in [6, 6.07) is 22.9. The molecule has 0 radical (unpaired) electrons. The molecule has 13 heteroatoms. The van der Waals surface area contributed by atoms with Gasteiger partial charge in [-0.05, 0) is 82.9 Å². The smallest absolute Gasteiger partial charge is 0.323 e. The highest BCUT2D eigenvalue weighted by molar-refractivity contribution is 7.28. The van der Waals surface area contributed by atoms with Gasteiger partial charge in [0.25, 0.3) is 0 Å². The van der Waals surface area contributed by atoms with Crippen molar-refractivity contribution < 1.29 is 39.6 Å². The lowest BCUT2D eigenvalue weighted by molar-refractivity contribution is -0.138. The Morgan fingerprint density at radius 1 is 0.490 bits per heavy atom. The lowest BCUT2D eigenvalue weighted by Gasteiger charge is -2.05. The number of aliphatic carboxylic acids is 4. The molecule has 246 valence electrons. The van der Waals surface area contributed by atoms with Crippen LogP contribution >= 0.6 is 34.0 Å². The van der Waals surface area contributed by atoms with Crippen molar-refractivity contribution in [2.75, 3.05) is 0 Å². The Balaban J connectivity index is 1.23. The predicted octanol–water partition coefficient (Wildman–Crippen LogP) is 7.87. The van der Waals surface area contributed by atoms with E-state index in [9.17, 15) is 39.6 Å². The molecular weight excluding hydrogens is 685 g/mol. The second kappa shape index (κ2) is 12.8. The SMILES string of the molecule is O=C(O)Cc1cc(-c2ccc(-c3cc(CC(=O)O)c(-c4ccc5c(ccn5CC(=O)O)c4)s3)s2)sc1-c1ccc2c(ccn2CC(=O)O)c1. The molecule has 7 rings (SSSR count). The average molecular weight is 711 g/mol. The molecule has 7 aromatic rings. The summed E-state index contributed by atoms with van der Waals surface area (Å²) in [5.74, 6) is -3.76. The van der Waals surface area contributed by atoms with Gasteiger partial charge in [0, 0.05) is 63.5 Å². The van der Waals surface area contributed by atoms with Gasteiger partial charge in [-0.25, -0.2) is 0 Å². The van der Waals surface area contributed by atoms with Crippen LogP contribution in [0.2, 0.25) is 0 Å². The fourth-order valence-electron chi connectivity index (χ4n) is 6.03. The molecule has 0 spiro atoms. The molecule has 5 aromatic heterocycles. The molecule has 10 nitrogen and oxygen atoms in total. The molecule has 0 atom stereocenters. The Labute approximate surface area is 290 Å². The van der Waals surface area contributed by atoms with E-state index in [4.69, 9.17) is 0 Å².